The molecule has 0 saturated carbocycles. The Morgan fingerprint density at radius 1 is 0.824 bits per heavy atom. The maximum atomic E-state index is 2.23. The molecule has 17 heavy (non-hydrogen) atoms. The molecule has 0 spiro atoms. The molecule has 0 unspecified atom stereocenters. The minimum absolute atomic E-state index is 1.07. The van der Waals surface area contributed by atoms with Crippen molar-refractivity contribution in [3.63, 3.8) is 0 Å². The molecule has 0 amide bonds. The summed E-state index contributed by atoms with van der Waals surface area (Å²) in [4.78, 5) is 0. The highest BCUT2D eigenvalue weighted by Crippen LogP contribution is 2.24. The second kappa shape index (κ2) is 4.42. The number of hydrogen-bond donors (Lipinski definition) is 0. The van der Waals surface area contributed by atoms with Crippen molar-refractivity contribution in [3.05, 3.63) is 76.9 Å². The molecule has 0 N–H and O–H groups in total. The van der Waals surface area contributed by atoms with Crippen LogP contribution in [0, 0.1) is 0 Å². The van der Waals surface area contributed by atoms with Crippen molar-refractivity contribution >= 4 is 18.2 Å². The summed E-state index contributed by atoms with van der Waals surface area (Å²) >= 11 is 0. The molecule has 0 heterocycles. The Morgan fingerprint density at radius 3 is 2.59 bits per heavy atom. The fourth-order valence-electron chi connectivity index (χ4n) is 2.21. The van der Waals surface area contributed by atoms with Crippen molar-refractivity contribution in [1.29, 1.82) is 0 Å². The Balaban J connectivity index is 1.94. The van der Waals surface area contributed by atoms with E-state index in [2.05, 4.69) is 66.8 Å². The standard InChI is InChI=1S/C17H14/c1-2-6-14(7-3-1)12-13-16-9-4-8-15-10-5-11-17(15)16/h1-9,11-13H,10H2. The van der Waals surface area contributed by atoms with Crippen LogP contribution < -0.4 is 0 Å². The van der Waals surface area contributed by atoms with E-state index in [9.17, 15) is 0 Å². The second-order valence-electron chi connectivity index (χ2n) is 4.27. The molecule has 0 atom stereocenters. The van der Waals surface area contributed by atoms with Crippen LogP contribution in [0.5, 0.6) is 0 Å². The van der Waals surface area contributed by atoms with Crippen LogP contribution in [-0.4, -0.2) is 0 Å². The Labute approximate surface area is 102 Å². The van der Waals surface area contributed by atoms with Gasteiger partial charge in [0.25, 0.3) is 0 Å². The van der Waals surface area contributed by atoms with E-state index in [1.54, 1.807) is 0 Å². The summed E-state index contributed by atoms with van der Waals surface area (Å²) in [5, 5.41) is 0. The van der Waals surface area contributed by atoms with Crippen molar-refractivity contribution in [3.8, 4) is 0 Å². The summed E-state index contributed by atoms with van der Waals surface area (Å²) in [5.74, 6) is 0. The lowest BCUT2D eigenvalue weighted by Crippen LogP contribution is -1.84. The van der Waals surface area contributed by atoms with Crippen LogP contribution in [0.1, 0.15) is 22.3 Å². The zero-order valence-corrected chi connectivity index (χ0v) is 9.64. The lowest BCUT2D eigenvalue weighted by atomic mass is 10.0. The van der Waals surface area contributed by atoms with Crippen molar-refractivity contribution in [1.82, 2.24) is 0 Å². The van der Waals surface area contributed by atoms with Gasteiger partial charge >= 0.3 is 0 Å². The summed E-state index contributed by atoms with van der Waals surface area (Å²) in [7, 11) is 0. The van der Waals surface area contributed by atoms with Crippen LogP contribution in [-0.2, 0) is 6.42 Å². The highest BCUT2D eigenvalue weighted by Gasteiger charge is 2.06. The zero-order valence-electron chi connectivity index (χ0n) is 9.64. The predicted molar refractivity (Wildman–Crippen MR) is 74.6 cm³/mol. The first-order chi connectivity index (χ1) is 8.43. The zero-order chi connectivity index (χ0) is 11.5. The van der Waals surface area contributed by atoms with Crippen LogP contribution in [0.15, 0.2) is 54.6 Å². The molecule has 0 nitrogen and oxygen atoms in total. The minimum Gasteiger partial charge on any atom is -0.0795 e. The Hall–Kier alpha value is -2.08. The SMILES string of the molecule is C1=Cc2c(C=Cc3ccccc3)cccc2C1. The third-order valence-corrected chi connectivity index (χ3v) is 3.11. The topological polar surface area (TPSA) is 0 Å². The predicted octanol–water partition coefficient (Wildman–Crippen LogP) is 4.43. The maximum absolute atomic E-state index is 2.23. The van der Waals surface area contributed by atoms with Gasteiger partial charge in [-0.05, 0) is 28.7 Å². The Bertz CT molecular complexity index is 574. The molecule has 0 aliphatic heterocycles. The van der Waals surface area contributed by atoms with Gasteiger partial charge in [-0.3, -0.25) is 0 Å². The minimum atomic E-state index is 1.07. The van der Waals surface area contributed by atoms with Crippen LogP contribution in [0.2, 0.25) is 0 Å². The van der Waals surface area contributed by atoms with Gasteiger partial charge in [0, 0.05) is 0 Å². The number of hydrogen-bond acceptors (Lipinski definition) is 0. The lowest BCUT2D eigenvalue weighted by molar-refractivity contribution is 1.31. The van der Waals surface area contributed by atoms with Crippen LogP contribution >= 0.6 is 0 Å². The third kappa shape index (κ3) is 2.07. The van der Waals surface area contributed by atoms with E-state index in [-0.39, 0.29) is 0 Å². The van der Waals surface area contributed by atoms with E-state index in [0.29, 0.717) is 0 Å². The van der Waals surface area contributed by atoms with Gasteiger partial charge in [-0.2, -0.15) is 0 Å². The van der Waals surface area contributed by atoms with E-state index in [0.717, 1.165) is 6.42 Å². The van der Waals surface area contributed by atoms with Gasteiger partial charge < -0.3 is 0 Å². The molecule has 0 saturated heterocycles. The quantitative estimate of drug-likeness (QED) is 0.654. The second-order valence-corrected chi connectivity index (χ2v) is 4.27. The molecular weight excluding hydrogens is 204 g/mol. The summed E-state index contributed by atoms with van der Waals surface area (Å²) < 4.78 is 0. The summed E-state index contributed by atoms with van der Waals surface area (Å²) in [6.45, 7) is 0. The van der Waals surface area contributed by atoms with Crippen molar-refractivity contribution < 1.29 is 0 Å². The van der Waals surface area contributed by atoms with Crippen molar-refractivity contribution in [2.75, 3.05) is 0 Å². The Morgan fingerprint density at radius 2 is 1.71 bits per heavy atom. The number of allylic oxidation sites excluding steroid dienone is 1. The number of benzene rings is 2. The van der Waals surface area contributed by atoms with E-state index in [4.69, 9.17) is 0 Å². The fourth-order valence-corrected chi connectivity index (χ4v) is 2.21. The van der Waals surface area contributed by atoms with Crippen LogP contribution in [0.4, 0.5) is 0 Å². The third-order valence-electron chi connectivity index (χ3n) is 3.11. The van der Waals surface area contributed by atoms with E-state index < -0.39 is 0 Å². The highest BCUT2D eigenvalue weighted by atomic mass is 14.1. The summed E-state index contributed by atoms with van der Waals surface area (Å²) in [5.41, 5.74) is 5.35. The molecule has 0 heteroatoms. The molecule has 3 rings (SSSR count). The van der Waals surface area contributed by atoms with Gasteiger partial charge in [-0.15, -0.1) is 0 Å². The Kier molecular flexibility index (Phi) is 2.63. The largest absolute Gasteiger partial charge is 0.0795 e. The van der Waals surface area contributed by atoms with Crippen LogP contribution in [0.25, 0.3) is 18.2 Å². The van der Waals surface area contributed by atoms with Gasteiger partial charge in [0.05, 0.1) is 0 Å². The van der Waals surface area contributed by atoms with E-state index in [1.165, 1.54) is 22.3 Å². The van der Waals surface area contributed by atoms with Gasteiger partial charge in [0.2, 0.25) is 0 Å². The molecule has 0 bridgehead atoms. The summed E-state index contributed by atoms with van der Waals surface area (Å²) in [6.07, 6.45) is 9.89. The molecule has 2 aromatic carbocycles. The van der Waals surface area contributed by atoms with Crippen molar-refractivity contribution in [2.45, 2.75) is 6.42 Å². The number of fused-ring (bicyclic) bond motifs is 1. The van der Waals surface area contributed by atoms with Crippen molar-refractivity contribution in [2.24, 2.45) is 0 Å². The van der Waals surface area contributed by atoms with Gasteiger partial charge in [-0.25, -0.2) is 0 Å². The van der Waals surface area contributed by atoms with E-state index >= 15 is 0 Å². The van der Waals surface area contributed by atoms with Crippen LogP contribution in [0.3, 0.4) is 0 Å². The van der Waals surface area contributed by atoms with Gasteiger partial charge in [0.1, 0.15) is 0 Å². The highest BCUT2D eigenvalue weighted by molar-refractivity contribution is 5.77. The fraction of sp³-hybridized carbons (Fsp3) is 0.0588. The molecule has 0 radical (unpaired) electrons. The normalized spacial score (nSPS) is 13.2. The average molecular weight is 218 g/mol. The molecular formula is C17H14. The first kappa shape index (κ1) is 10.1. The van der Waals surface area contributed by atoms with E-state index in [1.807, 2.05) is 6.07 Å². The monoisotopic (exact) mass is 218 g/mol. The molecule has 2 aromatic rings. The molecule has 0 fully saturated rings. The average Bonchev–Trinajstić information content (AvgIpc) is 2.86. The molecule has 82 valence electrons. The summed E-state index contributed by atoms with van der Waals surface area (Å²) in [6, 6.07) is 16.9. The lowest BCUT2D eigenvalue weighted by Gasteiger charge is -2.02. The van der Waals surface area contributed by atoms with Gasteiger partial charge in [-0.1, -0.05) is 72.8 Å². The molecule has 1 aliphatic carbocycles. The number of rotatable bonds is 2. The first-order valence-corrected chi connectivity index (χ1v) is 5.95. The molecule has 0 aromatic heterocycles. The smallest absolute Gasteiger partial charge is 0.00880 e. The van der Waals surface area contributed by atoms with Gasteiger partial charge in [0.15, 0.2) is 0 Å². The molecule has 1 aliphatic rings. The maximum Gasteiger partial charge on any atom is -0.00880 e. The first-order valence-electron chi connectivity index (χ1n) is 5.95.